The number of anilines is 1. The molecule has 4 atom stereocenters. The van der Waals surface area contributed by atoms with Crippen molar-refractivity contribution in [3.63, 3.8) is 0 Å². The van der Waals surface area contributed by atoms with Crippen LogP contribution in [0, 0.1) is 18.3 Å². The number of terminal acetylenes is 1. The van der Waals surface area contributed by atoms with Crippen LogP contribution >= 0.6 is 0 Å². The molecule has 0 radical (unpaired) electrons. The van der Waals surface area contributed by atoms with Crippen LogP contribution in [0.15, 0.2) is 24.3 Å². The van der Waals surface area contributed by atoms with E-state index in [1.165, 1.54) is 0 Å². The number of carbonyl (C=O) groups is 2. The number of carbonyl (C=O) groups excluding carboxylic acids is 2. The lowest BCUT2D eigenvalue weighted by Gasteiger charge is -2.32. The second-order valence-electron chi connectivity index (χ2n) is 7.25. The highest BCUT2D eigenvalue weighted by atomic mass is 16.5. The number of benzene rings is 1. The molecule has 1 saturated heterocycles. The Kier molecular flexibility index (Phi) is 7.85. The summed E-state index contributed by atoms with van der Waals surface area (Å²) in [6, 6.07) is 6.30. The molecule has 7 heteroatoms. The zero-order valence-corrected chi connectivity index (χ0v) is 16.8. The van der Waals surface area contributed by atoms with Gasteiger partial charge in [-0.15, -0.1) is 6.42 Å². The van der Waals surface area contributed by atoms with Crippen LogP contribution in [0.3, 0.4) is 0 Å². The Morgan fingerprint density at radius 3 is 2.57 bits per heavy atom. The number of nitrogens with zero attached hydrogens (tertiary/aromatic N) is 1. The van der Waals surface area contributed by atoms with Crippen LogP contribution in [0.25, 0.3) is 0 Å². The number of rotatable bonds is 8. The summed E-state index contributed by atoms with van der Waals surface area (Å²) in [6.45, 7) is 3.09. The maximum Gasteiger partial charge on any atom is 0.255 e. The van der Waals surface area contributed by atoms with Crippen molar-refractivity contribution in [3.8, 4) is 12.3 Å². The summed E-state index contributed by atoms with van der Waals surface area (Å²) < 4.78 is 5.61. The van der Waals surface area contributed by atoms with Crippen molar-refractivity contribution >= 4 is 17.5 Å². The van der Waals surface area contributed by atoms with Gasteiger partial charge in [0, 0.05) is 25.4 Å². The minimum absolute atomic E-state index is 0.175. The van der Waals surface area contributed by atoms with Gasteiger partial charge in [-0.05, 0) is 44.1 Å². The Labute approximate surface area is 167 Å². The van der Waals surface area contributed by atoms with Crippen molar-refractivity contribution in [1.29, 1.82) is 0 Å². The summed E-state index contributed by atoms with van der Waals surface area (Å²) in [5.74, 6) is 1.20. The molecule has 0 aliphatic carbocycles. The van der Waals surface area contributed by atoms with Crippen molar-refractivity contribution in [2.24, 2.45) is 5.92 Å². The molecule has 28 heavy (non-hydrogen) atoms. The average molecular weight is 386 g/mol. The van der Waals surface area contributed by atoms with Gasteiger partial charge in [0.15, 0.2) is 6.04 Å². The molecule has 1 heterocycles. The minimum Gasteiger partial charge on any atom is -0.399 e. The number of hydrogen-bond donors (Lipinski definition) is 3. The Hall–Kier alpha value is -2.56. The van der Waals surface area contributed by atoms with E-state index in [9.17, 15) is 9.59 Å². The summed E-state index contributed by atoms with van der Waals surface area (Å²) in [6.07, 6.45) is 7.28. The molecule has 0 bridgehead atoms. The van der Waals surface area contributed by atoms with Crippen LogP contribution in [0.1, 0.15) is 25.3 Å². The molecule has 4 N–H and O–H groups in total. The summed E-state index contributed by atoms with van der Waals surface area (Å²) in [7, 11) is 3.64. The van der Waals surface area contributed by atoms with E-state index in [0.717, 1.165) is 24.9 Å². The molecule has 4 unspecified atom stereocenters. The average Bonchev–Trinajstić information content (AvgIpc) is 3.11. The van der Waals surface area contributed by atoms with Gasteiger partial charge in [0.1, 0.15) is 0 Å². The van der Waals surface area contributed by atoms with E-state index in [2.05, 4.69) is 21.5 Å². The first-order valence-corrected chi connectivity index (χ1v) is 9.49. The topological polar surface area (TPSA) is 96.7 Å². The summed E-state index contributed by atoms with van der Waals surface area (Å²) >= 11 is 0. The molecular weight excluding hydrogens is 356 g/mol. The number of nitrogens with one attached hydrogen (secondary N) is 2. The number of ether oxygens (including phenoxy) is 1. The van der Waals surface area contributed by atoms with Gasteiger partial charge >= 0.3 is 0 Å². The highest BCUT2D eigenvalue weighted by molar-refractivity contribution is 5.90. The van der Waals surface area contributed by atoms with Crippen molar-refractivity contribution in [2.75, 3.05) is 26.4 Å². The van der Waals surface area contributed by atoms with Gasteiger partial charge in [0.25, 0.3) is 5.91 Å². The lowest BCUT2D eigenvalue weighted by molar-refractivity contribution is -0.134. The fourth-order valence-corrected chi connectivity index (χ4v) is 3.58. The lowest BCUT2D eigenvalue weighted by Crippen LogP contribution is -2.51. The number of likely N-dealkylation sites (N-methyl/N-ethyl adjacent to an activating group) is 1. The summed E-state index contributed by atoms with van der Waals surface area (Å²) in [4.78, 5) is 27.3. The van der Waals surface area contributed by atoms with Gasteiger partial charge in [-0.3, -0.25) is 9.59 Å². The van der Waals surface area contributed by atoms with Gasteiger partial charge < -0.3 is 26.0 Å². The standard InChI is InChI=1S/C21H30N4O3/c1-5-17(21(27)23-13-15-8-10-16(22)11-9-15)24-20(26)14(2)19(28-4)18-7-6-12-25(18)3/h1,8-11,14,17-19H,6-7,12-13,22H2,2-4H3,(H,23,27)(H,24,26). The molecule has 152 valence electrons. The molecule has 1 aliphatic rings. The number of nitrogen functional groups attached to an aromatic ring is 1. The molecule has 2 amide bonds. The van der Waals surface area contributed by atoms with E-state index in [-0.39, 0.29) is 18.1 Å². The molecule has 0 spiro atoms. The first-order chi connectivity index (χ1) is 13.4. The maximum atomic E-state index is 12.7. The number of hydrogen-bond acceptors (Lipinski definition) is 5. The second kappa shape index (κ2) is 10.1. The van der Waals surface area contributed by atoms with Crippen LogP contribution in [0.5, 0.6) is 0 Å². The quantitative estimate of drug-likeness (QED) is 0.453. The molecular formula is C21H30N4O3. The second-order valence-corrected chi connectivity index (χ2v) is 7.25. The normalized spacial score (nSPS) is 20.0. The number of methoxy groups -OCH3 is 1. The van der Waals surface area contributed by atoms with Gasteiger partial charge in [0.05, 0.1) is 12.0 Å². The Bertz CT molecular complexity index is 713. The lowest BCUT2D eigenvalue weighted by atomic mass is 9.95. The first-order valence-electron chi connectivity index (χ1n) is 9.49. The predicted octanol–water partition coefficient (Wildman–Crippen LogP) is 0.748. The Morgan fingerprint density at radius 1 is 1.36 bits per heavy atom. The van der Waals surface area contributed by atoms with Gasteiger partial charge in [0.2, 0.25) is 5.91 Å². The number of likely N-dealkylation sites (tertiary alicyclic amines) is 1. The number of amides is 2. The zero-order valence-electron chi connectivity index (χ0n) is 16.8. The van der Waals surface area contributed by atoms with Crippen LogP contribution in [0.4, 0.5) is 5.69 Å². The zero-order chi connectivity index (χ0) is 20.7. The third-order valence-corrected chi connectivity index (χ3v) is 5.30. The van der Waals surface area contributed by atoms with Gasteiger partial charge in [-0.2, -0.15) is 0 Å². The minimum atomic E-state index is -1.04. The highest BCUT2D eigenvalue weighted by Crippen LogP contribution is 2.24. The van der Waals surface area contributed by atoms with Gasteiger partial charge in [-0.1, -0.05) is 25.0 Å². The molecule has 2 rings (SSSR count). The van der Waals surface area contributed by atoms with E-state index >= 15 is 0 Å². The molecule has 0 aromatic heterocycles. The monoisotopic (exact) mass is 386 g/mol. The molecule has 1 aromatic carbocycles. The third-order valence-electron chi connectivity index (χ3n) is 5.30. The summed E-state index contributed by atoms with van der Waals surface area (Å²) in [5.41, 5.74) is 7.19. The third kappa shape index (κ3) is 5.47. The van der Waals surface area contributed by atoms with Crippen LogP contribution in [0.2, 0.25) is 0 Å². The molecule has 1 aliphatic heterocycles. The van der Waals surface area contributed by atoms with Crippen LogP contribution in [-0.2, 0) is 20.9 Å². The van der Waals surface area contributed by atoms with E-state index < -0.39 is 17.9 Å². The maximum absolute atomic E-state index is 12.7. The SMILES string of the molecule is C#CC(NC(=O)C(C)C(OC)C1CCCN1C)C(=O)NCc1ccc(N)cc1. The molecule has 1 aromatic rings. The fourth-order valence-electron chi connectivity index (χ4n) is 3.58. The first kappa shape index (κ1) is 21.7. The molecule has 0 saturated carbocycles. The Balaban J connectivity index is 1.92. The predicted molar refractivity (Wildman–Crippen MR) is 109 cm³/mol. The smallest absolute Gasteiger partial charge is 0.255 e. The Morgan fingerprint density at radius 2 is 2.04 bits per heavy atom. The molecule has 7 nitrogen and oxygen atoms in total. The largest absolute Gasteiger partial charge is 0.399 e. The van der Waals surface area contributed by atoms with Crippen LogP contribution < -0.4 is 16.4 Å². The molecule has 1 fully saturated rings. The van der Waals surface area contributed by atoms with Crippen LogP contribution in [-0.4, -0.2) is 55.6 Å². The number of nitrogens with two attached hydrogens (primary N) is 1. The van der Waals surface area contributed by atoms with Crippen molar-refractivity contribution < 1.29 is 14.3 Å². The highest BCUT2D eigenvalue weighted by Gasteiger charge is 2.36. The van der Waals surface area contributed by atoms with Crippen molar-refractivity contribution in [1.82, 2.24) is 15.5 Å². The van der Waals surface area contributed by atoms with E-state index in [1.54, 1.807) is 26.2 Å². The van der Waals surface area contributed by atoms with Gasteiger partial charge in [-0.25, -0.2) is 0 Å². The van der Waals surface area contributed by atoms with Crippen molar-refractivity contribution in [3.05, 3.63) is 29.8 Å². The van der Waals surface area contributed by atoms with Crippen molar-refractivity contribution in [2.45, 2.75) is 44.5 Å². The van der Waals surface area contributed by atoms with E-state index in [0.29, 0.717) is 12.2 Å². The van der Waals surface area contributed by atoms with E-state index in [1.807, 2.05) is 19.2 Å². The summed E-state index contributed by atoms with van der Waals surface area (Å²) in [5, 5.41) is 5.40. The van der Waals surface area contributed by atoms with E-state index in [4.69, 9.17) is 16.9 Å². The fraction of sp³-hybridized carbons (Fsp3) is 0.524.